The van der Waals surface area contributed by atoms with Crippen LogP contribution in [0.5, 0.6) is 17.2 Å². The number of nitrogens with zero attached hydrogens (tertiary/aromatic N) is 1. The van der Waals surface area contributed by atoms with Gasteiger partial charge in [0.05, 0.1) is 26.9 Å². The van der Waals surface area contributed by atoms with Crippen LogP contribution in [-0.2, 0) is 13.5 Å². The normalized spacial score (nSPS) is 10.7. The van der Waals surface area contributed by atoms with Gasteiger partial charge < -0.3 is 24.1 Å². The van der Waals surface area contributed by atoms with Gasteiger partial charge in [0.1, 0.15) is 5.75 Å². The molecular weight excluding hydrogens is 344 g/mol. The van der Waals surface area contributed by atoms with Gasteiger partial charge in [0.2, 0.25) is 0 Å². The zero-order valence-corrected chi connectivity index (χ0v) is 16.0. The molecule has 0 aliphatic heterocycles. The molecule has 0 aliphatic rings. The average molecular weight is 368 g/mol. The third kappa shape index (κ3) is 3.84. The van der Waals surface area contributed by atoms with Crippen LogP contribution in [0.2, 0.25) is 0 Å². The van der Waals surface area contributed by atoms with Crippen LogP contribution in [0.3, 0.4) is 0 Å². The van der Waals surface area contributed by atoms with Crippen molar-refractivity contribution < 1.29 is 19.0 Å². The molecule has 0 saturated heterocycles. The molecule has 1 N–H and O–H groups in total. The van der Waals surface area contributed by atoms with E-state index in [1.165, 1.54) is 0 Å². The quantitative estimate of drug-likeness (QED) is 0.696. The number of amides is 1. The number of hydrogen-bond acceptors (Lipinski definition) is 4. The van der Waals surface area contributed by atoms with Crippen molar-refractivity contribution in [2.75, 3.05) is 27.9 Å². The molecule has 0 radical (unpaired) electrons. The molecule has 0 unspecified atom stereocenters. The topological polar surface area (TPSA) is 61.7 Å². The number of fused-ring (bicyclic) bond motifs is 1. The summed E-state index contributed by atoms with van der Waals surface area (Å²) in [6.45, 7) is 0.522. The molecule has 1 heterocycles. The highest BCUT2D eigenvalue weighted by Crippen LogP contribution is 2.28. The van der Waals surface area contributed by atoms with Crippen molar-refractivity contribution in [3.8, 4) is 17.2 Å². The second-order valence-corrected chi connectivity index (χ2v) is 6.23. The first kappa shape index (κ1) is 18.6. The van der Waals surface area contributed by atoms with Crippen molar-refractivity contribution in [1.29, 1.82) is 0 Å². The minimum atomic E-state index is -0.102. The molecule has 0 atom stereocenters. The van der Waals surface area contributed by atoms with Crippen molar-refractivity contribution in [1.82, 2.24) is 9.88 Å². The second-order valence-electron chi connectivity index (χ2n) is 6.23. The maximum absolute atomic E-state index is 12.7. The fourth-order valence-electron chi connectivity index (χ4n) is 3.13. The highest BCUT2D eigenvalue weighted by molar-refractivity contribution is 6.07. The van der Waals surface area contributed by atoms with E-state index in [1.807, 2.05) is 54.2 Å². The summed E-state index contributed by atoms with van der Waals surface area (Å²) in [5.74, 6) is 2.00. The summed E-state index contributed by atoms with van der Waals surface area (Å²) in [6.07, 6.45) is 2.54. The van der Waals surface area contributed by atoms with Gasteiger partial charge >= 0.3 is 0 Å². The standard InChI is InChI=1S/C21H24N2O4/c1-23-13-17(16-12-15(25-2)6-7-18(16)23)21(24)22-10-9-14-5-8-19(26-3)20(11-14)27-4/h5-8,11-13H,9-10H2,1-4H3,(H,22,24). The molecule has 3 rings (SSSR count). The number of ether oxygens (including phenoxy) is 3. The Hall–Kier alpha value is -3.15. The van der Waals surface area contributed by atoms with Crippen LogP contribution in [-0.4, -0.2) is 38.3 Å². The van der Waals surface area contributed by atoms with Gasteiger partial charge in [-0.3, -0.25) is 4.79 Å². The van der Waals surface area contributed by atoms with E-state index in [4.69, 9.17) is 14.2 Å². The lowest BCUT2D eigenvalue weighted by Crippen LogP contribution is -2.25. The summed E-state index contributed by atoms with van der Waals surface area (Å²) in [5.41, 5.74) is 2.69. The lowest BCUT2D eigenvalue weighted by Gasteiger charge is -2.10. The molecule has 0 saturated carbocycles. The predicted molar refractivity (Wildman–Crippen MR) is 105 cm³/mol. The first-order valence-electron chi connectivity index (χ1n) is 8.69. The fraction of sp³-hybridized carbons (Fsp3) is 0.286. The summed E-state index contributed by atoms with van der Waals surface area (Å²) < 4.78 is 17.8. The van der Waals surface area contributed by atoms with Crippen LogP contribution in [0.4, 0.5) is 0 Å². The Labute approximate surface area is 158 Å². The smallest absolute Gasteiger partial charge is 0.253 e. The maximum atomic E-state index is 12.7. The molecular formula is C21H24N2O4. The zero-order chi connectivity index (χ0) is 19.4. The van der Waals surface area contributed by atoms with Crippen molar-refractivity contribution in [2.24, 2.45) is 7.05 Å². The van der Waals surface area contributed by atoms with E-state index in [1.54, 1.807) is 21.3 Å². The Kier molecular flexibility index (Phi) is 5.54. The number of aromatic nitrogens is 1. The van der Waals surface area contributed by atoms with E-state index >= 15 is 0 Å². The van der Waals surface area contributed by atoms with Gasteiger partial charge in [0.15, 0.2) is 11.5 Å². The van der Waals surface area contributed by atoms with E-state index < -0.39 is 0 Å². The van der Waals surface area contributed by atoms with Gasteiger partial charge in [-0.05, 0) is 42.3 Å². The SMILES string of the molecule is COc1ccc2c(c1)c(C(=O)NCCc1ccc(OC)c(OC)c1)cn2C. The van der Waals surface area contributed by atoms with Crippen LogP contribution in [0.1, 0.15) is 15.9 Å². The molecule has 2 aromatic carbocycles. The lowest BCUT2D eigenvalue weighted by molar-refractivity contribution is 0.0955. The summed E-state index contributed by atoms with van der Waals surface area (Å²) in [7, 11) is 6.76. The van der Waals surface area contributed by atoms with E-state index in [-0.39, 0.29) is 5.91 Å². The van der Waals surface area contributed by atoms with Crippen molar-refractivity contribution in [3.05, 3.63) is 53.7 Å². The highest BCUT2D eigenvalue weighted by Gasteiger charge is 2.14. The molecule has 1 aromatic heterocycles. The number of rotatable bonds is 7. The van der Waals surface area contributed by atoms with Crippen molar-refractivity contribution >= 4 is 16.8 Å². The molecule has 6 heteroatoms. The van der Waals surface area contributed by atoms with Gasteiger partial charge in [-0.25, -0.2) is 0 Å². The van der Waals surface area contributed by atoms with E-state index in [2.05, 4.69) is 5.32 Å². The van der Waals surface area contributed by atoms with E-state index in [0.29, 0.717) is 30.0 Å². The van der Waals surface area contributed by atoms with Crippen molar-refractivity contribution in [2.45, 2.75) is 6.42 Å². The summed E-state index contributed by atoms with van der Waals surface area (Å²) >= 11 is 0. The molecule has 3 aromatic rings. The third-order valence-corrected chi connectivity index (χ3v) is 4.59. The monoisotopic (exact) mass is 368 g/mol. The molecule has 1 amide bonds. The number of nitrogens with one attached hydrogen (secondary N) is 1. The second kappa shape index (κ2) is 8.03. The van der Waals surface area contributed by atoms with E-state index in [0.717, 1.165) is 22.2 Å². The van der Waals surface area contributed by atoms with Crippen LogP contribution in [0, 0.1) is 0 Å². The summed E-state index contributed by atoms with van der Waals surface area (Å²) in [5, 5.41) is 3.87. The number of hydrogen-bond donors (Lipinski definition) is 1. The zero-order valence-electron chi connectivity index (χ0n) is 16.0. The van der Waals surface area contributed by atoms with Gasteiger partial charge in [-0.2, -0.15) is 0 Å². The molecule has 27 heavy (non-hydrogen) atoms. The fourth-order valence-corrected chi connectivity index (χ4v) is 3.13. The largest absolute Gasteiger partial charge is 0.497 e. The summed E-state index contributed by atoms with van der Waals surface area (Å²) in [4.78, 5) is 12.7. The number of methoxy groups -OCH3 is 3. The number of carbonyl (C=O) groups excluding carboxylic acids is 1. The van der Waals surface area contributed by atoms with Crippen LogP contribution >= 0.6 is 0 Å². The average Bonchev–Trinajstić information content (AvgIpc) is 3.03. The summed E-state index contributed by atoms with van der Waals surface area (Å²) in [6, 6.07) is 11.5. The number of aryl methyl sites for hydroxylation is 1. The number of carbonyl (C=O) groups is 1. The molecule has 0 aliphatic carbocycles. The number of benzene rings is 2. The van der Waals surface area contributed by atoms with Crippen LogP contribution in [0.15, 0.2) is 42.6 Å². The van der Waals surface area contributed by atoms with Gasteiger partial charge in [-0.1, -0.05) is 6.07 Å². The first-order valence-corrected chi connectivity index (χ1v) is 8.69. The van der Waals surface area contributed by atoms with E-state index in [9.17, 15) is 4.79 Å². The van der Waals surface area contributed by atoms with Crippen molar-refractivity contribution in [3.63, 3.8) is 0 Å². The Morgan fingerprint density at radius 2 is 1.78 bits per heavy atom. The molecule has 142 valence electrons. The Morgan fingerprint density at radius 3 is 2.48 bits per heavy atom. The Bertz CT molecular complexity index is 962. The van der Waals surface area contributed by atoms with Crippen LogP contribution in [0.25, 0.3) is 10.9 Å². The predicted octanol–water partition coefficient (Wildman–Crippen LogP) is 3.18. The lowest BCUT2D eigenvalue weighted by atomic mass is 10.1. The Balaban J connectivity index is 1.70. The molecule has 6 nitrogen and oxygen atoms in total. The molecule has 0 bridgehead atoms. The van der Waals surface area contributed by atoms with Gasteiger partial charge in [-0.15, -0.1) is 0 Å². The minimum Gasteiger partial charge on any atom is -0.497 e. The maximum Gasteiger partial charge on any atom is 0.253 e. The Morgan fingerprint density at radius 1 is 1.00 bits per heavy atom. The molecule has 0 spiro atoms. The van der Waals surface area contributed by atoms with Gasteiger partial charge in [0, 0.05) is 30.7 Å². The highest BCUT2D eigenvalue weighted by atomic mass is 16.5. The third-order valence-electron chi connectivity index (χ3n) is 4.59. The van der Waals surface area contributed by atoms with Crippen LogP contribution < -0.4 is 19.5 Å². The molecule has 0 fully saturated rings. The van der Waals surface area contributed by atoms with Gasteiger partial charge in [0.25, 0.3) is 5.91 Å². The first-order chi connectivity index (χ1) is 13.1. The minimum absolute atomic E-state index is 0.102.